The first-order chi connectivity index (χ1) is 27.2. The number of hydrogen-bond donors (Lipinski definition) is 6. The van der Waals surface area contributed by atoms with E-state index in [1.807, 2.05) is 48.5 Å². The van der Waals surface area contributed by atoms with Gasteiger partial charge in [-0.3, -0.25) is 0 Å². The molecule has 56 heavy (non-hydrogen) atoms. The average Bonchev–Trinajstić information content (AvgIpc) is 3.19. The van der Waals surface area contributed by atoms with Crippen LogP contribution in [0.1, 0.15) is 102 Å². The highest BCUT2D eigenvalue weighted by Gasteiger charge is 2.53. The lowest BCUT2D eigenvalue weighted by molar-refractivity contribution is -0.0765. The zero-order valence-electron chi connectivity index (χ0n) is 33.6. The number of phenols is 2. The molecule has 0 aromatic heterocycles. The molecule has 0 radical (unpaired) electrons. The van der Waals surface area contributed by atoms with E-state index in [1.54, 1.807) is 12.1 Å². The Kier molecular flexibility index (Phi) is 11.7. The zero-order valence-corrected chi connectivity index (χ0v) is 33.6. The highest BCUT2D eigenvalue weighted by atomic mass is 16.3. The van der Waals surface area contributed by atoms with Crippen molar-refractivity contribution in [3.63, 3.8) is 0 Å². The van der Waals surface area contributed by atoms with Gasteiger partial charge in [0, 0.05) is 92.5 Å². The molecule has 0 bridgehead atoms. The van der Waals surface area contributed by atoms with Crippen LogP contribution in [0.5, 0.6) is 11.5 Å². The Morgan fingerprint density at radius 3 is 1.11 bits per heavy atom. The van der Waals surface area contributed by atoms with E-state index in [-0.39, 0.29) is 11.5 Å². The van der Waals surface area contributed by atoms with E-state index in [4.69, 9.17) is 11.5 Å². The lowest BCUT2D eigenvalue weighted by atomic mass is 9.60. The average molecular weight is 757 g/mol. The van der Waals surface area contributed by atoms with Crippen molar-refractivity contribution in [2.24, 2.45) is 0 Å². The van der Waals surface area contributed by atoms with Crippen LogP contribution >= 0.6 is 0 Å². The Hall–Kier alpha value is -4.92. The minimum atomic E-state index is -1.09. The second kappa shape index (κ2) is 16.7. The molecule has 1 fully saturated rings. The fourth-order valence-corrected chi connectivity index (χ4v) is 9.52. The van der Waals surface area contributed by atoms with Crippen molar-refractivity contribution in [2.45, 2.75) is 103 Å². The molecule has 6 aromatic carbocycles. The highest BCUT2D eigenvalue weighted by molar-refractivity contribution is 6.21. The van der Waals surface area contributed by atoms with E-state index in [0.717, 1.165) is 127 Å². The molecule has 7 rings (SSSR count). The fraction of sp³-hybridized carbons (Fsp3) is 0.417. The molecule has 296 valence electrons. The summed E-state index contributed by atoms with van der Waals surface area (Å²) in [5.41, 5.74) is 18.3. The number of aromatic hydroxyl groups is 2. The van der Waals surface area contributed by atoms with Crippen molar-refractivity contribution in [1.82, 2.24) is 0 Å². The monoisotopic (exact) mass is 756 g/mol. The normalized spacial score (nSPS) is 18.2. The summed E-state index contributed by atoms with van der Waals surface area (Å²) in [6.45, 7) is 12.2. The number of hydrogen-bond acceptors (Lipinski definition) is 8. The molecule has 2 atom stereocenters. The van der Waals surface area contributed by atoms with Gasteiger partial charge in [-0.25, -0.2) is 0 Å². The van der Waals surface area contributed by atoms with Gasteiger partial charge in [0.25, 0.3) is 0 Å². The van der Waals surface area contributed by atoms with Crippen molar-refractivity contribution in [2.75, 3.05) is 47.4 Å². The number of rotatable bonds is 16. The molecule has 6 aromatic rings. The van der Waals surface area contributed by atoms with Gasteiger partial charge < -0.3 is 41.7 Å². The number of anilines is 4. The van der Waals surface area contributed by atoms with Crippen LogP contribution in [0.25, 0.3) is 43.1 Å². The number of unbranched alkanes of at least 4 members (excludes halogenated alkanes) is 4. The smallest absolute Gasteiger partial charge is 0.123 e. The van der Waals surface area contributed by atoms with Gasteiger partial charge >= 0.3 is 0 Å². The number of phenolic OH excluding ortho intramolecular Hbond substituents is 2. The van der Waals surface area contributed by atoms with E-state index >= 15 is 0 Å². The van der Waals surface area contributed by atoms with Crippen LogP contribution < -0.4 is 21.3 Å². The predicted molar refractivity (Wildman–Crippen MR) is 237 cm³/mol. The molecule has 0 spiro atoms. The minimum absolute atomic E-state index is 0.0469. The molecule has 8 heteroatoms. The van der Waals surface area contributed by atoms with Crippen LogP contribution in [-0.2, 0) is 0 Å². The molecule has 1 saturated carbocycles. The van der Waals surface area contributed by atoms with Gasteiger partial charge in [-0.2, -0.15) is 0 Å². The maximum Gasteiger partial charge on any atom is 0.123 e. The van der Waals surface area contributed by atoms with Gasteiger partial charge in [0.2, 0.25) is 0 Å². The lowest BCUT2D eigenvalue weighted by Gasteiger charge is -2.49. The fourth-order valence-electron chi connectivity index (χ4n) is 9.52. The number of aliphatic hydroxyl groups is 2. The SMILES string of the molecule is CCCCN(CCCC)c1c2cccc(N)c2c(C2C(O)C(c3c4c(O)cccc4c(N(CCCC)CCCC)c4cccc(O)c34)C2O)c2c(N)cccc12. The third kappa shape index (κ3) is 6.60. The first-order valence-corrected chi connectivity index (χ1v) is 21.0. The van der Waals surface area contributed by atoms with Gasteiger partial charge in [0.05, 0.1) is 23.6 Å². The number of aliphatic hydroxyl groups excluding tert-OH is 2. The summed E-state index contributed by atoms with van der Waals surface area (Å²) >= 11 is 0. The molecular formula is C48H60N4O4. The number of benzene rings is 6. The number of nitrogen functional groups attached to an aromatic ring is 2. The third-order valence-electron chi connectivity index (χ3n) is 12.3. The first-order valence-electron chi connectivity index (χ1n) is 21.0. The van der Waals surface area contributed by atoms with Crippen LogP contribution in [0.3, 0.4) is 0 Å². The van der Waals surface area contributed by atoms with E-state index < -0.39 is 24.0 Å². The van der Waals surface area contributed by atoms with E-state index in [0.29, 0.717) is 27.7 Å². The molecule has 2 unspecified atom stereocenters. The zero-order chi connectivity index (χ0) is 39.7. The summed E-state index contributed by atoms with van der Waals surface area (Å²) in [5.74, 6) is -1.48. The second-order valence-corrected chi connectivity index (χ2v) is 15.9. The van der Waals surface area contributed by atoms with Crippen LogP contribution in [-0.4, -0.2) is 58.8 Å². The molecule has 0 heterocycles. The summed E-state index contributed by atoms with van der Waals surface area (Å²) < 4.78 is 0. The van der Waals surface area contributed by atoms with Gasteiger partial charge in [-0.15, -0.1) is 0 Å². The van der Waals surface area contributed by atoms with Gasteiger partial charge in [0.15, 0.2) is 0 Å². The molecule has 0 amide bonds. The molecule has 1 aliphatic rings. The molecule has 1 aliphatic carbocycles. The van der Waals surface area contributed by atoms with Crippen LogP contribution in [0.4, 0.5) is 22.7 Å². The molecule has 0 saturated heterocycles. The van der Waals surface area contributed by atoms with E-state index in [2.05, 4.69) is 49.6 Å². The van der Waals surface area contributed by atoms with Crippen molar-refractivity contribution in [1.29, 1.82) is 0 Å². The van der Waals surface area contributed by atoms with Gasteiger partial charge in [-0.05, 0) is 61.1 Å². The van der Waals surface area contributed by atoms with Crippen molar-refractivity contribution in [3.8, 4) is 11.5 Å². The second-order valence-electron chi connectivity index (χ2n) is 15.9. The maximum atomic E-state index is 12.6. The Labute approximate surface area is 331 Å². The molecule has 8 nitrogen and oxygen atoms in total. The van der Waals surface area contributed by atoms with Crippen molar-refractivity contribution < 1.29 is 20.4 Å². The quantitative estimate of drug-likeness (QED) is 0.0424. The molecular weight excluding hydrogens is 697 g/mol. The summed E-state index contributed by atoms with van der Waals surface area (Å²) in [6.07, 6.45) is 6.07. The molecule has 8 N–H and O–H groups in total. The highest BCUT2D eigenvalue weighted by Crippen LogP contribution is 2.59. The van der Waals surface area contributed by atoms with Gasteiger partial charge in [0.1, 0.15) is 11.5 Å². The minimum Gasteiger partial charge on any atom is -0.507 e. The van der Waals surface area contributed by atoms with E-state index in [1.165, 1.54) is 0 Å². The number of fused-ring (bicyclic) bond motifs is 4. The standard InChI is InChI=1S/C48H60N4O4/c1-5-9-25-51(26-10-6-2)45-29-17-13-21-33(49)37(29)41(38-30(45)18-14-22-34(38)50)43-47(55)44(48(43)56)42-39-31(19-15-23-35(39)53)46(32-20-16-24-36(54)40(32)42)52(27-11-7-3)28-12-8-4/h13-24,43-44,47-48,53-56H,5-12,25-28,49-50H2,1-4H3. The number of nitrogens with two attached hydrogens (primary N) is 2. The summed E-state index contributed by atoms with van der Waals surface area (Å²) in [5, 5.41) is 55.1. The van der Waals surface area contributed by atoms with Crippen LogP contribution in [0.15, 0.2) is 72.8 Å². The topological polar surface area (TPSA) is 139 Å². The van der Waals surface area contributed by atoms with Crippen molar-refractivity contribution >= 4 is 65.8 Å². The largest absolute Gasteiger partial charge is 0.507 e. The Bertz CT molecular complexity index is 2040. The Morgan fingerprint density at radius 2 is 0.768 bits per heavy atom. The Morgan fingerprint density at radius 1 is 0.464 bits per heavy atom. The van der Waals surface area contributed by atoms with Crippen LogP contribution in [0.2, 0.25) is 0 Å². The molecule has 0 aliphatic heterocycles. The summed E-state index contributed by atoms with van der Waals surface area (Å²) in [7, 11) is 0. The Balaban J connectivity index is 1.47. The maximum absolute atomic E-state index is 12.6. The predicted octanol–water partition coefficient (Wildman–Crippen LogP) is 10.3. The third-order valence-corrected chi connectivity index (χ3v) is 12.3. The first kappa shape index (κ1) is 39.3. The van der Waals surface area contributed by atoms with E-state index in [9.17, 15) is 20.4 Å². The lowest BCUT2D eigenvalue weighted by Crippen LogP contribution is -2.52. The van der Waals surface area contributed by atoms with Crippen LogP contribution in [0, 0.1) is 0 Å². The van der Waals surface area contributed by atoms with Crippen molar-refractivity contribution in [3.05, 3.63) is 83.9 Å². The number of nitrogens with zero attached hydrogens (tertiary/aromatic N) is 2. The van der Waals surface area contributed by atoms with Gasteiger partial charge in [-0.1, -0.05) is 102 Å². The summed E-state index contributed by atoms with van der Waals surface area (Å²) in [4.78, 5) is 4.85. The summed E-state index contributed by atoms with van der Waals surface area (Å²) in [6, 6.07) is 23.0.